The van der Waals surface area contributed by atoms with E-state index in [1.807, 2.05) is 0 Å². The Kier molecular flexibility index (Phi) is 3.05. The minimum absolute atomic E-state index is 0.219. The third kappa shape index (κ3) is 4.66. The molecule has 0 radical (unpaired) electrons. The quantitative estimate of drug-likeness (QED) is 0.809. The molecule has 1 aliphatic carbocycles. The molecule has 0 spiro atoms. The highest BCUT2D eigenvalue weighted by molar-refractivity contribution is 5.42. The number of ether oxygens (including phenoxy) is 3. The standard InChI is InChI=1S/C20H31NO4/c1-23-19-8-7-15(13-20(19)24-2)10-12-25-18-6-4-3-5-17(18)21-11-9-16(22)14-21/h7-8,13,16-18,22H,3-6,9-12,14H2,1-2H3/t16?,17-,18-/m1/s1/i1D3,2D3,11D2,12D2,14D2. The molecular formula is C20H31NO4. The first-order valence-electron chi connectivity index (χ1n) is 14.4. The van der Waals surface area contributed by atoms with Gasteiger partial charge in [0.15, 0.2) is 11.5 Å². The van der Waals surface area contributed by atoms with Gasteiger partial charge in [0.05, 0.1) is 43.8 Å². The maximum absolute atomic E-state index is 10.1. The van der Waals surface area contributed by atoms with Gasteiger partial charge in [-0.05, 0) is 43.4 Å². The van der Waals surface area contributed by atoms with Crippen LogP contribution in [-0.2, 0) is 11.2 Å². The number of likely N-dealkylation sites (tertiary alicyclic amines) is 1. The number of hydrogen-bond donors (Lipinski definition) is 1. The van der Waals surface area contributed by atoms with E-state index in [1.165, 1.54) is 6.07 Å². The van der Waals surface area contributed by atoms with Crippen LogP contribution in [0.4, 0.5) is 0 Å². The maximum Gasteiger partial charge on any atom is 0.160 e. The lowest BCUT2D eigenvalue weighted by Crippen LogP contribution is -2.46. The fourth-order valence-corrected chi connectivity index (χ4v) is 3.22. The number of aliphatic hydroxyl groups excluding tert-OH is 1. The van der Waals surface area contributed by atoms with Crippen molar-refractivity contribution in [1.82, 2.24) is 4.90 Å². The monoisotopic (exact) mass is 361 g/mol. The summed E-state index contributed by atoms with van der Waals surface area (Å²) in [4.78, 5) is 0.966. The van der Waals surface area contributed by atoms with E-state index in [0.29, 0.717) is 25.7 Å². The maximum atomic E-state index is 10.1. The SMILES string of the molecule is [2H]C([2H])([2H])Oc1ccc(CC([2H])([2H])O[C@@H]2CCCC[C@H]2N2C([2H])([2H])CC(O)C2([2H])[2H])cc1OC([2H])([2H])[2H]. The van der Waals surface area contributed by atoms with Crippen molar-refractivity contribution < 1.29 is 35.8 Å². The van der Waals surface area contributed by atoms with Gasteiger partial charge in [-0.1, -0.05) is 18.9 Å². The van der Waals surface area contributed by atoms with Gasteiger partial charge in [0, 0.05) is 24.5 Å². The molecule has 1 aromatic carbocycles. The van der Waals surface area contributed by atoms with Crippen molar-refractivity contribution in [2.24, 2.45) is 0 Å². The van der Waals surface area contributed by atoms with Crippen molar-refractivity contribution >= 4 is 0 Å². The summed E-state index contributed by atoms with van der Waals surface area (Å²) >= 11 is 0. The predicted octanol–water partition coefficient (Wildman–Crippen LogP) is 2.64. The lowest BCUT2D eigenvalue weighted by Gasteiger charge is -2.37. The van der Waals surface area contributed by atoms with Crippen molar-refractivity contribution in [2.45, 2.75) is 56.8 Å². The molecule has 1 saturated carbocycles. The van der Waals surface area contributed by atoms with E-state index in [1.54, 1.807) is 0 Å². The van der Waals surface area contributed by atoms with Crippen LogP contribution in [0.25, 0.3) is 0 Å². The van der Waals surface area contributed by atoms with E-state index in [4.69, 9.17) is 30.7 Å². The molecule has 1 saturated heterocycles. The highest BCUT2D eigenvalue weighted by atomic mass is 16.5. The van der Waals surface area contributed by atoms with Crippen LogP contribution in [0.2, 0.25) is 0 Å². The van der Waals surface area contributed by atoms with Crippen LogP contribution in [0.3, 0.4) is 0 Å². The smallest absolute Gasteiger partial charge is 0.160 e. The van der Waals surface area contributed by atoms with Gasteiger partial charge in [0.1, 0.15) is 0 Å². The van der Waals surface area contributed by atoms with Crippen LogP contribution < -0.4 is 9.47 Å². The van der Waals surface area contributed by atoms with Crippen molar-refractivity contribution in [3.63, 3.8) is 0 Å². The fourth-order valence-electron chi connectivity index (χ4n) is 3.22. The van der Waals surface area contributed by atoms with Crippen LogP contribution in [0.1, 0.15) is 54.1 Å². The largest absolute Gasteiger partial charge is 0.493 e. The molecule has 0 amide bonds. The summed E-state index contributed by atoms with van der Waals surface area (Å²) in [5.74, 6) is -0.766. The third-order valence-electron chi connectivity index (χ3n) is 4.48. The zero-order valence-electron chi connectivity index (χ0n) is 25.8. The molecule has 3 rings (SSSR count). The Labute approximate surface area is 167 Å². The summed E-state index contributed by atoms with van der Waals surface area (Å²) in [5, 5.41) is 10.1. The van der Waals surface area contributed by atoms with Gasteiger partial charge in [0.25, 0.3) is 0 Å². The van der Waals surface area contributed by atoms with E-state index >= 15 is 0 Å². The fraction of sp³-hybridized carbons (Fsp3) is 0.700. The molecule has 5 nitrogen and oxygen atoms in total. The van der Waals surface area contributed by atoms with Gasteiger partial charge in [-0.3, -0.25) is 4.90 Å². The molecule has 3 atom stereocenters. The van der Waals surface area contributed by atoms with Gasteiger partial charge < -0.3 is 19.3 Å². The van der Waals surface area contributed by atoms with Gasteiger partial charge >= 0.3 is 0 Å². The number of hydrogen-bond acceptors (Lipinski definition) is 5. The molecule has 5 heteroatoms. The number of methoxy groups -OCH3 is 2. The first-order chi connectivity index (χ1) is 16.7. The number of aliphatic hydroxyl groups is 1. The number of β-amino-alcohol motifs (C(OH)–C–C–N with tert-alkyl or cyclic N) is 1. The van der Waals surface area contributed by atoms with Crippen LogP contribution in [0, 0.1) is 0 Å². The minimum Gasteiger partial charge on any atom is -0.493 e. The first-order valence-corrected chi connectivity index (χ1v) is 8.37. The Morgan fingerprint density at radius 3 is 2.88 bits per heavy atom. The molecule has 0 aromatic heterocycles. The van der Waals surface area contributed by atoms with Crippen LogP contribution in [0.5, 0.6) is 11.5 Å². The second-order valence-corrected chi connectivity index (χ2v) is 6.19. The Bertz CT molecular complexity index is 952. The predicted molar refractivity (Wildman–Crippen MR) is 97.4 cm³/mol. The second-order valence-electron chi connectivity index (χ2n) is 6.19. The number of benzene rings is 1. The average molecular weight is 362 g/mol. The Morgan fingerprint density at radius 2 is 2.08 bits per heavy atom. The highest BCUT2D eigenvalue weighted by Gasteiger charge is 2.34. The van der Waals surface area contributed by atoms with E-state index in [0.717, 1.165) is 17.0 Å². The first kappa shape index (κ1) is 8.59. The van der Waals surface area contributed by atoms with Crippen LogP contribution in [-0.4, -0.2) is 61.9 Å². The van der Waals surface area contributed by atoms with E-state index in [9.17, 15) is 5.11 Å². The molecule has 1 N–H and O–H groups in total. The van der Waals surface area contributed by atoms with Crippen LogP contribution >= 0.6 is 0 Å². The number of aryl methyl sites for hydroxylation is 1. The van der Waals surface area contributed by atoms with Crippen LogP contribution in [0.15, 0.2) is 18.2 Å². The second kappa shape index (κ2) is 8.88. The van der Waals surface area contributed by atoms with Gasteiger partial charge in [0.2, 0.25) is 0 Å². The molecule has 0 bridgehead atoms. The molecule has 1 unspecified atom stereocenters. The zero-order valence-corrected chi connectivity index (χ0v) is 13.8. The van der Waals surface area contributed by atoms with Gasteiger partial charge in [-0.25, -0.2) is 0 Å². The Hall–Kier alpha value is -1.30. The summed E-state index contributed by atoms with van der Waals surface area (Å²) in [7, 11) is -5.80. The lowest BCUT2D eigenvalue weighted by molar-refractivity contribution is -0.0316. The Morgan fingerprint density at radius 1 is 1.24 bits per heavy atom. The normalized spacial score (nSPS) is 40.1. The van der Waals surface area contributed by atoms with E-state index in [2.05, 4.69) is 0 Å². The summed E-state index contributed by atoms with van der Waals surface area (Å²) in [6, 6.07) is 2.84. The molecule has 25 heavy (non-hydrogen) atoms. The van der Waals surface area contributed by atoms with E-state index < -0.39 is 70.5 Å². The number of nitrogens with zero attached hydrogens (tertiary/aromatic N) is 1. The topological polar surface area (TPSA) is 51.2 Å². The summed E-state index contributed by atoms with van der Waals surface area (Å²) in [6.07, 6.45) is -1.22. The van der Waals surface area contributed by atoms with Crippen molar-refractivity contribution in [1.29, 1.82) is 0 Å². The third-order valence-corrected chi connectivity index (χ3v) is 4.48. The van der Waals surface area contributed by atoms with Gasteiger partial charge in [-0.2, -0.15) is 0 Å². The van der Waals surface area contributed by atoms with Crippen molar-refractivity contribution in [3.8, 4) is 11.5 Å². The summed E-state index contributed by atoms with van der Waals surface area (Å²) in [6.45, 7) is -6.86. The lowest BCUT2D eigenvalue weighted by atomic mass is 9.91. The molecule has 1 aliphatic heterocycles. The Balaban J connectivity index is 1.82. The van der Waals surface area contributed by atoms with Gasteiger partial charge in [-0.15, -0.1) is 0 Å². The summed E-state index contributed by atoms with van der Waals surface area (Å²) in [5.41, 5.74) is 0.219. The average Bonchev–Trinajstić information content (AvgIpc) is 2.84. The summed E-state index contributed by atoms with van der Waals surface area (Å²) < 4.78 is 109. The minimum atomic E-state index is -2.92. The highest BCUT2D eigenvalue weighted by Crippen LogP contribution is 2.30. The van der Waals surface area contributed by atoms with E-state index in [-0.39, 0.29) is 11.3 Å². The molecule has 1 heterocycles. The number of rotatable bonds is 7. The zero-order chi connectivity index (χ0) is 28.0. The molecule has 2 fully saturated rings. The molecular weight excluding hydrogens is 318 g/mol. The molecule has 1 aromatic rings. The van der Waals surface area contributed by atoms with Crippen molar-refractivity contribution in [2.75, 3.05) is 33.6 Å². The molecule has 140 valence electrons. The molecule has 2 aliphatic rings. The van der Waals surface area contributed by atoms with Crippen molar-refractivity contribution in [3.05, 3.63) is 23.8 Å².